The zero-order chi connectivity index (χ0) is 10.3. The molecule has 0 aliphatic heterocycles. The summed E-state index contributed by atoms with van der Waals surface area (Å²) in [5.41, 5.74) is 1.83. The minimum absolute atomic E-state index is 0.718. The van der Waals surface area contributed by atoms with Crippen LogP contribution >= 0.6 is 0 Å². The number of rotatable bonds is 2. The molecule has 0 amide bonds. The zero-order valence-electron chi connectivity index (χ0n) is 8.19. The van der Waals surface area contributed by atoms with E-state index in [4.69, 9.17) is 5.11 Å². The molecule has 1 aromatic rings. The number of carbonyl (C=O) groups is 1. The molecular formula is C10H15NO2. The lowest BCUT2D eigenvalue weighted by atomic mass is 10.2. The number of aliphatic hydroxyl groups is 1. The standard InChI is InChI=1S/C9H11NO.CH4O/c1-10(2)9-5-3-8(7-11)4-6-9;1-2/h3-7H,1-2H3;2H,1H3. The van der Waals surface area contributed by atoms with Gasteiger partial charge in [0, 0.05) is 32.5 Å². The Morgan fingerprint density at radius 3 is 1.92 bits per heavy atom. The van der Waals surface area contributed by atoms with E-state index < -0.39 is 0 Å². The van der Waals surface area contributed by atoms with Crippen LogP contribution in [0.4, 0.5) is 5.69 Å². The van der Waals surface area contributed by atoms with Gasteiger partial charge in [-0.2, -0.15) is 0 Å². The molecule has 0 aliphatic rings. The molecule has 0 heterocycles. The highest BCUT2D eigenvalue weighted by atomic mass is 16.2. The van der Waals surface area contributed by atoms with Crippen LogP contribution in [0.25, 0.3) is 0 Å². The van der Waals surface area contributed by atoms with Gasteiger partial charge in [0.15, 0.2) is 0 Å². The minimum Gasteiger partial charge on any atom is -0.400 e. The molecule has 13 heavy (non-hydrogen) atoms. The fraction of sp³-hybridized carbons (Fsp3) is 0.300. The number of nitrogens with zero attached hydrogens (tertiary/aromatic N) is 1. The van der Waals surface area contributed by atoms with E-state index in [0.29, 0.717) is 0 Å². The van der Waals surface area contributed by atoms with E-state index in [-0.39, 0.29) is 0 Å². The number of anilines is 1. The van der Waals surface area contributed by atoms with Gasteiger partial charge in [-0.05, 0) is 24.3 Å². The van der Waals surface area contributed by atoms with Crippen molar-refractivity contribution in [2.24, 2.45) is 0 Å². The molecule has 3 heteroatoms. The molecule has 1 rings (SSSR count). The van der Waals surface area contributed by atoms with Crippen molar-refractivity contribution in [2.75, 3.05) is 26.1 Å². The second-order valence-electron chi connectivity index (χ2n) is 2.60. The Kier molecular flexibility index (Phi) is 5.55. The SMILES string of the molecule is CN(C)c1ccc(C=O)cc1.CO. The van der Waals surface area contributed by atoms with Crippen LogP contribution in [0.5, 0.6) is 0 Å². The number of benzene rings is 1. The lowest BCUT2D eigenvalue weighted by molar-refractivity contribution is 0.112. The maximum Gasteiger partial charge on any atom is 0.150 e. The fourth-order valence-corrected chi connectivity index (χ4v) is 0.851. The Balaban J connectivity index is 0.000000671. The molecule has 0 aromatic heterocycles. The van der Waals surface area contributed by atoms with E-state index in [1.54, 1.807) is 0 Å². The lowest BCUT2D eigenvalue weighted by Gasteiger charge is -2.11. The van der Waals surface area contributed by atoms with Crippen LogP contribution in [0.15, 0.2) is 24.3 Å². The highest BCUT2D eigenvalue weighted by Crippen LogP contribution is 2.10. The highest BCUT2D eigenvalue weighted by Gasteiger charge is 1.93. The summed E-state index contributed by atoms with van der Waals surface area (Å²) in [5, 5.41) is 7.00. The monoisotopic (exact) mass is 181 g/mol. The minimum atomic E-state index is 0.718. The number of carbonyl (C=O) groups excluding carboxylic acids is 1. The summed E-state index contributed by atoms with van der Waals surface area (Å²) in [6.45, 7) is 0. The summed E-state index contributed by atoms with van der Waals surface area (Å²) >= 11 is 0. The number of hydrogen-bond donors (Lipinski definition) is 1. The Morgan fingerprint density at radius 2 is 1.62 bits per heavy atom. The first-order valence-electron chi connectivity index (χ1n) is 3.91. The molecule has 0 unspecified atom stereocenters. The van der Waals surface area contributed by atoms with Crippen molar-refractivity contribution in [2.45, 2.75) is 0 Å². The smallest absolute Gasteiger partial charge is 0.150 e. The van der Waals surface area contributed by atoms with E-state index >= 15 is 0 Å². The molecule has 3 nitrogen and oxygen atoms in total. The predicted octanol–water partition coefficient (Wildman–Crippen LogP) is 1.17. The van der Waals surface area contributed by atoms with Crippen LogP contribution in [0.3, 0.4) is 0 Å². The Labute approximate surface area is 78.6 Å². The predicted molar refractivity (Wildman–Crippen MR) is 54.3 cm³/mol. The van der Waals surface area contributed by atoms with Gasteiger partial charge < -0.3 is 10.0 Å². The van der Waals surface area contributed by atoms with Crippen LogP contribution in [-0.2, 0) is 0 Å². The van der Waals surface area contributed by atoms with Crippen LogP contribution in [0.2, 0.25) is 0 Å². The van der Waals surface area contributed by atoms with Gasteiger partial charge in [0.2, 0.25) is 0 Å². The molecule has 0 atom stereocenters. The van der Waals surface area contributed by atoms with Gasteiger partial charge in [-0.1, -0.05) is 0 Å². The third kappa shape index (κ3) is 3.71. The maximum absolute atomic E-state index is 10.3. The van der Waals surface area contributed by atoms with Crippen molar-refractivity contribution in [3.63, 3.8) is 0 Å². The molecular weight excluding hydrogens is 166 g/mol. The van der Waals surface area contributed by atoms with E-state index in [1.807, 2.05) is 43.3 Å². The Hall–Kier alpha value is -1.35. The molecule has 72 valence electrons. The van der Waals surface area contributed by atoms with Gasteiger partial charge in [0.25, 0.3) is 0 Å². The van der Waals surface area contributed by atoms with E-state index in [1.165, 1.54) is 0 Å². The Morgan fingerprint density at radius 1 is 1.15 bits per heavy atom. The summed E-state index contributed by atoms with van der Waals surface area (Å²) in [7, 11) is 4.94. The van der Waals surface area contributed by atoms with E-state index in [9.17, 15) is 4.79 Å². The first-order chi connectivity index (χ1) is 6.24. The quantitative estimate of drug-likeness (QED) is 0.696. The third-order valence-electron chi connectivity index (χ3n) is 1.55. The van der Waals surface area contributed by atoms with Gasteiger partial charge >= 0.3 is 0 Å². The zero-order valence-corrected chi connectivity index (χ0v) is 8.19. The average Bonchev–Trinajstić information content (AvgIpc) is 2.21. The van der Waals surface area contributed by atoms with Gasteiger partial charge in [-0.15, -0.1) is 0 Å². The van der Waals surface area contributed by atoms with Crippen molar-refractivity contribution < 1.29 is 9.90 Å². The van der Waals surface area contributed by atoms with Crippen LogP contribution in [-0.4, -0.2) is 32.6 Å². The van der Waals surface area contributed by atoms with Gasteiger partial charge in [-0.25, -0.2) is 0 Å². The van der Waals surface area contributed by atoms with Gasteiger partial charge in [-0.3, -0.25) is 4.79 Å². The van der Waals surface area contributed by atoms with Crippen LogP contribution in [0.1, 0.15) is 10.4 Å². The second kappa shape index (κ2) is 6.20. The summed E-state index contributed by atoms with van der Waals surface area (Å²) in [6, 6.07) is 7.46. The number of aldehydes is 1. The van der Waals surface area contributed by atoms with Crippen molar-refractivity contribution in [3.8, 4) is 0 Å². The number of hydrogen-bond acceptors (Lipinski definition) is 3. The first kappa shape index (κ1) is 11.6. The molecule has 0 saturated heterocycles. The molecule has 1 aromatic carbocycles. The van der Waals surface area contributed by atoms with Crippen molar-refractivity contribution in [1.29, 1.82) is 0 Å². The summed E-state index contributed by atoms with van der Waals surface area (Å²) in [6.07, 6.45) is 0.847. The molecule has 0 bridgehead atoms. The van der Waals surface area contributed by atoms with Crippen molar-refractivity contribution in [3.05, 3.63) is 29.8 Å². The largest absolute Gasteiger partial charge is 0.400 e. The average molecular weight is 181 g/mol. The Bertz CT molecular complexity index is 242. The molecule has 0 aliphatic carbocycles. The summed E-state index contributed by atoms with van der Waals surface area (Å²) in [4.78, 5) is 12.3. The molecule has 0 radical (unpaired) electrons. The molecule has 0 fully saturated rings. The van der Waals surface area contributed by atoms with Crippen LogP contribution < -0.4 is 4.90 Å². The van der Waals surface area contributed by atoms with E-state index in [0.717, 1.165) is 24.6 Å². The summed E-state index contributed by atoms with van der Waals surface area (Å²) < 4.78 is 0. The number of aliphatic hydroxyl groups excluding tert-OH is 1. The maximum atomic E-state index is 10.3. The summed E-state index contributed by atoms with van der Waals surface area (Å²) in [5.74, 6) is 0. The van der Waals surface area contributed by atoms with Crippen LogP contribution in [0, 0.1) is 0 Å². The van der Waals surface area contributed by atoms with Gasteiger partial charge in [0.1, 0.15) is 6.29 Å². The van der Waals surface area contributed by atoms with Crippen molar-refractivity contribution in [1.82, 2.24) is 0 Å². The molecule has 0 spiro atoms. The van der Waals surface area contributed by atoms with Crippen molar-refractivity contribution >= 4 is 12.0 Å². The second-order valence-corrected chi connectivity index (χ2v) is 2.60. The first-order valence-corrected chi connectivity index (χ1v) is 3.91. The molecule has 1 N–H and O–H groups in total. The topological polar surface area (TPSA) is 40.5 Å². The lowest BCUT2D eigenvalue weighted by Crippen LogP contribution is -2.08. The fourth-order valence-electron chi connectivity index (χ4n) is 0.851. The van der Waals surface area contributed by atoms with E-state index in [2.05, 4.69) is 0 Å². The highest BCUT2D eigenvalue weighted by molar-refractivity contribution is 5.75. The third-order valence-corrected chi connectivity index (χ3v) is 1.55. The van der Waals surface area contributed by atoms with Gasteiger partial charge in [0.05, 0.1) is 0 Å². The molecule has 0 saturated carbocycles. The normalized spacial score (nSPS) is 8.31.